The highest BCUT2D eigenvalue weighted by Gasteiger charge is 2.23. The van der Waals surface area contributed by atoms with Gasteiger partial charge in [0.1, 0.15) is 5.75 Å². The van der Waals surface area contributed by atoms with Crippen molar-refractivity contribution in [2.24, 2.45) is 0 Å². The molecule has 28 heavy (non-hydrogen) atoms. The Labute approximate surface area is 175 Å². The molecule has 1 aromatic heterocycles. The summed E-state index contributed by atoms with van der Waals surface area (Å²) in [6.07, 6.45) is 0. The van der Waals surface area contributed by atoms with Crippen LogP contribution < -0.4 is 4.74 Å². The lowest BCUT2D eigenvalue weighted by Gasteiger charge is -2.08. The predicted octanol–water partition coefficient (Wildman–Crippen LogP) is 4.03. The number of H-pyrrole nitrogens is 1. The highest BCUT2D eigenvalue weighted by molar-refractivity contribution is 9.10. The molecule has 2 aromatic rings. The molecule has 0 aliphatic rings. The van der Waals surface area contributed by atoms with E-state index in [1.165, 1.54) is 0 Å². The van der Waals surface area contributed by atoms with Crippen molar-refractivity contribution < 1.29 is 28.6 Å². The summed E-state index contributed by atoms with van der Waals surface area (Å²) in [5.41, 5.74) is 1.49. The topological polar surface area (TPSA) is 94.7 Å². The molecule has 0 unspecified atom stereocenters. The van der Waals surface area contributed by atoms with Crippen LogP contribution in [0.3, 0.4) is 0 Å². The Bertz CT molecular complexity index is 908. The molecule has 0 aliphatic heterocycles. The number of aromatic amines is 1. The first-order valence-electron chi connectivity index (χ1n) is 8.37. The lowest BCUT2D eigenvalue weighted by molar-refractivity contribution is -0.144. The monoisotopic (exact) mass is 471 g/mol. The van der Waals surface area contributed by atoms with E-state index in [-0.39, 0.29) is 18.9 Å². The zero-order valence-corrected chi connectivity index (χ0v) is 17.9. The molecular formula is C19H19BrClNO6. The number of ether oxygens (including phenoxy) is 3. The van der Waals surface area contributed by atoms with Crippen molar-refractivity contribution in [3.63, 3.8) is 0 Å². The number of esters is 2. The van der Waals surface area contributed by atoms with Crippen LogP contribution in [0.2, 0.25) is 5.02 Å². The van der Waals surface area contributed by atoms with Gasteiger partial charge in [-0.2, -0.15) is 0 Å². The minimum atomic E-state index is -0.707. The highest BCUT2D eigenvalue weighted by Crippen LogP contribution is 2.28. The minimum Gasteiger partial charge on any atom is -0.481 e. The van der Waals surface area contributed by atoms with Crippen LogP contribution in [-0.4, -0.2) is 42.5 Å². The van der Waals surface area contributed by atoms with E-state index in [1.807, 2.05) is 0 Å². The van der Waals surface area contributed by atoms with Crippen molar-refractivity contribution in [1.82, 2.24) is 4.98 Å². The molecule has 2 rings (SSSR count). The van der Waals surface area contributed by atoms with Gasteiger partial charge in [0.15, 0.2) is 13.2 Å². The number of hydrogen-bond acceptors (Lipinski definition) is 6. The second-order valence-electron chi connectivity index (χ2n) is 5.79. The quantitative estimate of drug-likeness (QED) is 0.460. The molecule has 9 heteroatoms. The fraction of sp³-hybridized carbons (Fsp3) is 0.316. The van der Waals surface area contributed by atoms with Crippen LogP contribution in [0.1, 0.15) is 39.0 Å². The Hall–Kier alpha value is -2.32. The van der Waals surface area contributed by atoms with E-state index < -0.39 is 24.3 Å². The second kappa shape index (κ2) is 9.75. The van der Waals surface area contributed by atoms with Crippen LogP contribution in [0.15, 0.2) is 22.7 Å². The third kappa shape index (κ3) is 5.36. The van der Waals surface area contributed by atoms with Gasteiger partial charge in [-0.05, 0) is 60.5 Å². The van der Waals surface area contributed by atoms with Gasteiger partial charge in [-0.1, -0.05) is 11.6 Å². The maximum Gasteiger partial charge on any atom is 0.344 e. The second-order valence-corrected chi connectivity index (χ2v) is 7.08. The van der Waals surface area contributed by atoms with Gasteiger partial charge >= 0.3 is 11.9 Å². The molecular weight excluding hydrogens is 454 g/mol. The summed E-state index contributed by atoms with van der Waals surface area (Å²) in [5, 5.41) is 0.520. The molecule has 1 N–H and O–H groups in total. The molecule has 0 bridgehead atoms. The number of carbonyl (C=O) groups excluding carboxylic acids is 3. The highest BCUT2D eigenvalue weighted by atomic mass is 79.9. The van der Waals surface area contributed by atoms with Gasteiger partial charge in [0.2, 0.25) is 5.78 Å². The number of Topliss-reactive ketones (excluding diaryl/α,β-unsaturated/α-hetero) is 1. The number of hydrogen-bond donors (Lipinski definition) is 1. The number of halogens is 2. The number of carbonyl (C=O) groups is 3. The number of aromatic nitrogens is 1. The van der Waals surface area contributed by atoms with Gasteiger partial charge in [0.25, 0.3) is 0 Å². The first-order valence-corrected chi connectivity index (χ1v) is 9.54. The summed E-state index contributed by atoms with van der Waals surface area (Å²) in [6, 6.07) is 4.85. The number of rotatable bonds is 8. The van der Waals surface area contributed by atoms with Gasteiger partial charge in [-0.25, -0.2) is 9.59 Å². The van der Waals surface area contributed by atoms with Crippen molar-refractivity contribution in [2.75, 3.05) is 19.8 Å². The Morgan fingerprint density at radius 2 is 1.86 bits per heavy atom. The standard InChI is InChI=1S/C19H19BrClNO6/c1-4-26-19(25)17-10(2)18(22-11(17)3)14(23)8-28-16(24)9-27-15-6-5-12(21)7-13(15)20/h5-7,22H,4,8-9H2,1-3H3. The van der Waals surface area contributed by atoms with Crippen LogP contribution in [0.5, 0.6) is 5.75 Å². The molecule has 0 amide bonds. The van der Waals surface area contributed by atoms with Gasteiger partial charge in [0.05, 0.1) is 22.3 Å². The van der Waals surface area contributed by atoms with E-state index in [9.17, 15) is 14.4 Å². The first-order chi connectivity index (χ1) is 13.2. The summed E-state index contributed by atoms with van der Waals surface area (Å²) in [6.45, 7) is 4.38. The van der Waals surface area contributed by atoms with Gasteiger partial charge < -0.3 is 19.2 Å². The lowest BCUT2D eigenvalue weighted by atomic mass is 10.1. The summed E-state index contributed by atoms with van der Waals surface area (Å²) < 4.78 is 15.9. The van der Waals surface area contributed by atoms with Gasteiger partial charge in [-0.15, -0.1) is 0 Å². The van der Waals surface area contributed by atoms with Crippen molar-refractivity contribution in [3.8, 4) is 5.75 Å². The average Bonchev–Trinajstić information content (AvgIpc) is 2.93. The number of benzene rings is 1. The van der Waals surface area contributed by atoms with Crippen LogP contribution in [-0.2, 0) is 14.3 Å². The summed E-state index contributed by atoms with van der Waals surface area (Å²) >= 11 is 9.11. The van der Waals surface area contributed by atoms with Gasteiger partial charge in [0, 0.05) is 10.7 Å². The molecule has 0 saturated heterocycles. The minimum absolute atomic E-state index is 0.203. The van der Waals surface area contributed by atoms with E-state index >= 15 is 0 Å². The van der Waals surface area contributed by atoms with Crippen LogP contribution in [0, 0.1) is 13.8 Å². The third-order valence-corrected chi connectivity index (χ3v) is 4.65. The van der Waals surface area contributed by atoms with Crippen molar-refractivity contribution >= 4 is 45.3 Å². The maximum atomic E-state index is 12.4. The van der Waals surface area contributed by atoms with Crippen LogP contribution in [0.4, 0.5) is 0 Å². The molecule has 0 saturated carbocycles. The molecule has 0 spiro atoms. The van der Waals surface area contributed by atoms with Gasteiger partial charge in [-0.3, -0.25) is 4.79 Å². The third-order valence-electron chi connectivity index (χ3n) is 3.80. The normalized spacial score (nSPS) is 10.5. The molecule has 0 radical (unpaired) electrons. The fourth-order valence-corrected chi connectivity index (χ4v) is 3.32. The zero-order valence-electron chi connectivity index (χ0n) is 15.6. The molecule has 0 fully saturated rings. The fourth-order valence-electron chi connectivity index (χ4n) is 2.53. The summed E-state index contributed by atoms with van der Waals surface area (Å²) in [5.74, 6) is -1.26. The SMILES string of the molecule is CCOC(=O)c1c(C)[nH]c(C(=O)COC(=O)COc2ccc(Cl)cc2Br)c1C. The molecule has 1 heterocycles. The Balaban J connectivity index is 1.94. The smallest absolute Gasteiger partial charge is 0.344 e. The van der Waals surface area contributed by atoms with E-state index in [4.69, 9.17) is 25.8 Å². The largest absolute Gasteiger partial charge is 0.481 e. The van der Waals surface area contributed by atoms with E-state index in [2.05, 4.69) is 20.9 Å². The van der Waals surface area contributed by atoms with E-state index in [1.54, 1.807) is 39.0 Å². The molecule has 7 nitrogen and oxygen atoms in total. The van der Waals surface area contributed by atoms with Crippen molar-refractivity contribution in [3.05, 3.63) is 50.2 Å². The molecule has 150 valence electrons. The van der Waals surface area contributed by atoms with E-state index in [0.29, 0.717) is 32.1 Å². The molecule has 1 aromatic carbocycles. The molecule has 0 atom stereocenters. The number of ketones is 1. The number of nitrogens with one attached hydrogen (secondary N) is 1. The Morgan fingerprint density at radius 1 is 1.14 bits per heavy atom. The number of aryl methyl sites for hydroxylation is 1. The van der Waals surface area contributed by atoms with Crippen molar-refractivity contribution in [2.45, 2.75) is 20.8 Å². The van der Waals surface area contributed by atoms with E-state index in [0.717, 1.165) is 0 Å². The maximum absolute atomic E-state index is 12.4. The molecule has 0 aliphatic carbocycles. The first kappa shape index (κ1) is 22.0. The zero-order chi connectivity index (χ0) is 20.8. The Kier molecular flexibility index (Phi) is 7.65. The van der Waals surface area contributed by atoms with Crippen LogP contribution >= 0.6 is 27.5 Å². The average molecular weight is 473 g/mol. The predicted molar refractivity (Wildman–Crippen MR) is 106 cm³/mol. The van der Waals surface area contributed by atoms with Crippen LogP contribution in [0.25, 0.3) is 0 Å². The summed E-state index contributed by atoms with van der Waals surface area (Å²) in [4.78, 5) is 39.1. The summed E-state index contributed by atoms with van der Waals surface area (Å²) in [7, 11) is 0. The lowest BCUT2D eigenvalue weighted by Crippen LogP contribution is -2.20. The van der Waals surface area contributed by atoms with Crippen molar-refractivity contribution in [1.29, 1.82) is 0 Å². The Morgan fingerprint density at radius 3 is 2.50 bits per heavy atom.